The van der Waals surface area contributed by atoms with Crippen LogP contribution in [-0.4, -0.2) is 55.0 Å². The number of hydrogen-bond donors (Lipinski definition) is 1. The molecule has 0 radical (unpaired) electrons. The van der Waals surface area contributed by atoms with E-state index in [1.54, 1.807) is 4.90 Å². The normalized spacial score (nSPS) is 20.8. The topological polar surface area (TPSA) is 50.8 Å². The summed E-state index contributed by atoms with van der Waals surface area (Å²) in [6, 6.07) is 0.761. The number of hydrogen-bond acceptors (Lipinski definition) is 4. The van der Waals surface area contributed by atoms with Gasteiger partial charge in [0.25, 0.3) is 0 Å². The van der Waals surface area contributed by atoms with E-state index in [9.17, 15) is 4.79 Å². The fourth-order valence-electron chi connectivity index (χ4n) is 2.77. The van der Waals surface area contributed by atoms with Crippen LogP contribution in [0.2, 0.25) is 0 Å². The molecule has 0 unspecified atom stereocenters. The van der Waals surface area contributed by atoms with Crippen molar-refractivity contribution in [3.8, 4) is 0 Å². The van der Waals surface area contributed by atoms with Crippen LogP contribution < -0.4 is 5.32 Å². The molecule has 0 aromatic heterocycles. The molecule has 5 nitrogen and oxygen atoms in total. The molecule has 0 atom stereocenters. The van der Waals surface area contributed by atoms with Crippen LogP contribution in [0.1, 0.15) is 59.3 Å². The maximum Gasteiger partial charge on any atom is 0.410 e. The Kier molecular flexibility index (Phi) is 6.50. The molecule has 1 saturated carbocycles. The van der Waals surface area contributed by atoms with Gasteiger partial charge in [0.1, 0.15) is 5.60 Å². The Balaban J connectivity index is 1.52. The third-order valence-corrected chi connectivity index (χ3v) is 4.31. The number of likely N-dealkylation sites (tertiary alicyclic amines) is 1. The Hall–Kier alpha value is -0.810. The Morgan fingerprint density at radius 2 is 1.86 bits per heavy atom. The van der Waals surface area contributed by atoms with Crippen molar-refractivity contribution in [1.29, 1.82) is 0 Å². The largest absolute Gasteiger partial charge is 0.444 e. The van der Waals surface area contributed by atoms with Gasteiger partial charge >= 0.3 is 6.09 Å². The van der Waals surface area contributed by atoms with Crippen LogP contribution in [0.25, 0.3) is 0 Å². The standard InChI is InChI=1S/C17H32N2O3/c1-17(2,3)22-16(20)19-11-8-15(9-12-19)21-13-5-10-18-14-6-4-7-14/h14-15,18H,4-13H2,1-3H3. The highest BCUT2D eigenvalue weighted by molar-refractivity contribution is 5.68. The van der Waals surface area contributed by atoms with Gasteiger partial charge in [-0.3, -0.25) is 0 Å². The molecule has 1 heterocycles. The van der Waals surface area contributed by atoms with Gasteiger partial charge in [0.05, 0.1) is 6.10 Å². The van der Waals surface area contributed by atoms with E-state index in [0.717, 1.165) is 51.5 Å². The number of ether oxygens (including phenoxy) is 2. The molecule has 2 aliphatic rings. The van der Waals surface area contributed by atoms with Crippen molar-refractivity contribution in [3.63, 3.8) is 0 Å². The van der Waals surface area contributed by atoms with Crippen LogP contribution in [0.5, 0.6) is 0 Å². The summed E-state index contributed by atoms with van der Waals surface area (Å²) >= 11 is 0. The van der Waals surface area contributed by atoms with Crippen molar-refractivity contribution >= 4 is 6.09 Å². The molecular formula is C17H32N2O3. The Labute approximate surface area is 134 Å². The average molecular weight is 312 g/mol. The molecule has 0 aromatic carbocycles. The van der Waals surface area contributed by atoms with Crippen molar-refractivity contribution in [3.05, 3.63) is 0 Å². The number of nitrogens with zero attached hydrogens (tertiary/aromatic N) is 1. The number of amides is 1. The number of piperidine rings is 1. The van der Waals surface area contributed by atoms with E-state index in [4.69, 9.17) is 9.47 Å². The SMILES string of the molecule is CC(C)(C)OC(=O)N1CCC(OCCCNC2CCC2)CC1. The summed E-state index contributed by atoms with van der Waals surface area (Å²) in [7, 11) is 0. The third-order valence-electron chi connectivity index (χ3n) is 4.31. The zero-order chi connectivity index (χ0) is 16.0. The number of carbonyl (C=O) groups is 1. The molecular weight excluding hydrogens is 280 g/mol. The lowest BCUT2D eigenvalue weighted by atomic mass is 9.93. The van der Waals surface area contributed by atoms with Gasteiger partial charge in [-0.2, -0.15) is 0 Å². The third kappa shape index (κ3) is 6.13. The fourth-order valence-corrected chi connectivity index (χ4v) is 2.77. The van der Waals surface area contributed by atoms with E-state index in [-0.39, 0.29) is 6.09 Å². The van der Waals surface area contributed by atoms with Crippen LogP contribution in [-0.2, 0) is 9.47 Å². The molecule has 22 heavy (non-hydrogen) atoms. The zero-order valence-electron chi connectivity index (χ0n) is 14.4. The Bertz CT molecular complexity index is 342. The molecule has 1 N–H and O–H groups in total. The summed E-state index contributed by atoms with van der Waals surface area (Å²) in [4.78, 5) is 13.8. The van der Waals surface area contributed by atoms with Crippen molar-refractivity contribution in [2.24, 2.45) is 0 Å². The zero-order valence-corrected chi connectivity index (χ0v) is 14.4. The molecule has 5 heteroatoms. The Morgan fingerprint density at radius 1 is 1.18 bits per heavy atom. The number of rotatable bonds is 6. The first kappa shape index (κ1) is 17.5. The smallest absolute Gasteiger partial charge is 0.410 e. The van der Waals surface area contributed by atoms with E-state index in [1.807, 2.05) is 20.8 Å². The van der Waals surface area contributed by atoms with Gasteiger partial charge in [0, 0.05) is 25.7 Å². The quantitative estimate of drug-likeness (QED) is 0.766. The molecule has 1 saturated heterocycles. The molecule has 2 rings (SSSR count). The second kappa shape index (κ2) is 8.16. The molecule has 1 aliphatic heterocycles. The van der Waals surface area contributed by atoms with E-state index < -0.39 is 5.60 Å². The highest BCUT2D eigenvalue weighted by atomic mass is 16.6. The summed E-state index contributed by atoms with van der Waals surface area (Å²) in [6.45, 7) is 9.05. The molecule has 1 amide bonds. The second-order valence-electron chi connectivity index (χ2n) is 7.47. The van der Waals surface area contributed by atoms with E-state index in [0.29, 0.717) is 6.10 Å². The van der Waals surface area contributed by atoms with Gasteiger partial charge in [-0.05, 0) is 59.4 Å². The van der Waals surface area contributed by atoms with E-state index in [1.165, 1.54) is 19.3 Å². The van der Waals surface area contributed by atoms with Crippen molar-refractivity contribution < 1.29 is 14.3 Å². The van der Waals surface area contributed by atoms with Gasteiger partial charge in [-0.25, -0.2) is 4.79 Å². The monoisotopic (exact) mass is 312 g/mol. The lowest BCUT2D eigenvalue weighted by Gasteiger charge is -2.33. The molecule has 128 valence electrons. The first-order valence-electron chi connectivity index (χ1n) is 8.77. The molecule has 0 bridgehead atoms. The summed E-state index contributed by atoms with van der Waals surface area (Å²) in [5.41, 5.74) is -0.419. The maximum absolute atomic E-state index is 12.0. The van der Waals surface area contributed by atoms with Gasteiger partial charge in [0.2, 0.25) is 0 Å². The highest BCUT2D eigenvalue weighted by Gasteiger charge is 2.27. The maximum atomic E-state index is 12.0. The predicted molar refractivity (Wildman–Crippen MR) is 87.0 cm³/mol. The summed E-state index contributed by atoms with van der Waals surface area (Å²) in [5.74, 6) is 0. The minimum absolute atomic E-state index is 0.198. The average Bonchev–Trinajstić information content (AvgIpc) is 2.39. The predicted octanol–water partition coefficient (Wildman–Crippen LogP) is 2.93. The minimum atomic E-state index is -0.419. The van der Waals surface area contributed by atoms with Crippen molar-refractivity contribution in [1.82, 2.24) is 10.2 Å². The molecule has 0 spiro atoms. The summed E-state index contributed by atoms with van der Waals surface area (Å²) < 4.78 is 11.3. The van der Waals surface area contributed by atoms with Gasteiger partial charge < -0.3 is 19.7 Å². The van der Waals surface area contributed by atoms with Crippen molar-refractivity contribution in [2.75, 3.05) is 26.2 Å². The fraction of sp³-hybridized carbons (Fsp3) is 0.941. The van der Waals surface area contributed by atoms with Gasteiger partial charge in [-0.15, -0.1) is 0 Å². The van der Waals surface area contributed by atoms with Gasteiger partial charge in [-0.1, -0.05) is 6.42 Å². The number of nitrogens with one attached hydrogen (secondary N) is 1. The summed E-state index contributed by atoms with van der Waals surface area (Å²) in [6.07, 6.45) is 7.05. The molecule has 0 aromatic rings. The van der Waals surface area contributed by atoms with Crippen molar-refractivity contribution in [2.45, 2.75) is 77.0 Å². The minimum Gasteiger partial charge on any atom is -0.444 e. The van der Waals surface area contributed by atoms with Crippen LogP contribution in [0, 0.1) is 0 Å². The Morgan fingerprint density at radius 3 is 2.41 bits per heavy atom. The van der Waals surface area contributed by atoms with Crippen LogP contribution in [0.3, 0.4) is 0 Å². The van der Waals surface area contributed by atoms with Crippen LogP contribution >= 0.6 is 0 Å². The highest BCUT2D eigenvalue weighted by Crippen LogP contribution is 2.18. The van der Waals surface area contributed by atoms with Gasteiger partial charge in [0.15, 0.2) is 0 Å². The lowest BCUT2D eigenvalue weighted by molar-refractivity contribution is -0.0118. The second-order valence-corrected chi connectivity index (χ2v) is 7.47. The number of carbonyl (C=O) groups excluding carboxylic acids is 1. The first-order chi connectivity index (χ1) is 10.4. The van der Waals surface area contributed by atoms with Crippen LogP contribution in [0.15, 0.2) is 0 Å². The van der Waals surface area contributed by atoms with E-state index in [2.05, 4.69) is 5.32 Å². The van der Waals surface area contributed by atoms with Crippen LogP contribution in [0.4, 0.5) is 4.79 Å². The van der Waals surface area contributed by atoms with E-state index >= 15 is 0 Å². The molecule has 1 aliphatic carbocycles. The molecule has 2 fully saturated rings. The first-order valence-corrected chi connectivity index (χ1v) is 8.77. The summed E-state index contributed by atoms with van der Waals surface area (Å²) in [5, 5.41) is 3.55. The lowest BCUT2D eigenvalue weighted by Crippen LogP contribution is -2.43.